The van der Waals surface area contributed by atoms with E-state index in [4.69, 9.17) is 5.14 Å². The zero-order valence-corrected chi connectivity index (χ0v) is 15.6. The molecule has 0 heterocycles. The molecule has 0 saturated heterocycles. The van der Waals surface area contributed by atoms with E-state index in [1.54, 1.807) is 19.1 Å². The van der Waals surface area contributed by atoms with Gasteiger partial charge in [-0.25, -0.2) is 13.6 Å². The van der Waals surface area contributed by atoms with Crippen molar-refractivity contribution in [1.29, 1.82) is 0 Å². The smallest absolute Gasteiger partial charge is 0.254 e. The summed E-state index contributed by atoms with van der Waals surface area (Å²) in [6, 6.07) is 11.4. The maximum atomic E-state index is 12.6. The minimum absolute atomic E-state index is 0.149. The molecular formula is C18H21N3O4S. The highest BCUT2D eigenvalue weighted by Crippen LogP contribution is 2.16. The first-order valence-corrected chi connectivity index (χ1v) is 9.38. The summed E-state index contributed by atoms with van der Waals surface area (Å²) in [4.78, 5) is 25.8. The largest absolute Gasteiger partial charge is 0.332 e. The van der Waals surface area contributed by atoms with Crippen molar-refractivity contribution in [3.63, 3.8) is 0 Å². The Bertz CT molecular complexity index is 937. The van der Waals surface area contributed by atoms with Gasteiger partial charge in [0.25, 0.3) is 5.91 Å². The molecule has 3 N–H and O–H groups in total. The van der Waals surface area contributed by atoms with Crippen LogP contribution in [0.25, 0.3) is 0 Å². The van der Waals surface area contributed by atoms with E-state index in [0.29, 0.717) is 11.3 Å². The lowest BCUT2D eigenvalue weighted by Crippen LogP contribution is -2.35. The van der Waals surface area contributed by atoms with E-state index in [2.05, 4.69) is 5.32 Å². The number of aryl methyl sites for hydroxylation is 2. The van der Waals surface area contributed by atoms with Gasteiger partial charge in [0.1, 0.15) is 0 Å². The predicted octanol–water partition coefficient (Wildman–Crippen LogP) is 1.66. The molecule has 0 aliphatic carbocycles. The molecule has 0 radical (unpaired) electrons. The van der Waals surface area contributed by atoms with Crippen LogP contribution in [0, 0.1) is 13.8 Å². The normalized spacial score (nSPS) is 11.1. The number of carbonyl (C=O) groups excluding carboxylic acids is 2. The summed E-state index contributed by atoms with van der Waals surface area (Å²) in [5, 5.41) is 7.82. The van der Waals surface area contributed by atoms with Crippen molar-refractivity contribution in [3.8, 4) is 0 Å². The van der Waals surface area contributed by atoms with Gasteiger partial charge in [-0.1, -0.05) is 23.8 Å². The summed E-state index contributed by atoms with van der Waals surface area (Å²) < 4.78 is 23.0. The van der Waals surface area contributed by atoms with Crippen LogP contribution in [0.4, 0.5) is 5.69 Å². The Kier molecular flexibility index (Phi) is 5.79. The van der Waals surface area contributed by atoms with Crippen molar-refractivity contribution in [3.05, 3.63) is 59.2 Å². The highest BCUT2D eigenvalue weighted by Gasteiger charge is 2.19. The van der Waals surface area contributed by atoms with Gasteiger partial charge in [-0.05, 0) is 43.7 Å². The van der Waals surface area contributed by atoms with Crippen molar-refractivity contribution < 1.29 is 18.0 Å². The van der Waals surface area contributed by atoms with Crippen molar-refractivity contribution in [1.82, 2.24) is 4.90 Å². The second-order valence-electron chi connectivity index (χ2n) is 6.10. The van der Waals surface area contributed by atoms with E-state index < -0.39 is 15.9 Å². The van der Waals surface area contributed by atoms with Gasteiger partial charge in [-0.3, -0.25) is 9.59 Å². The summed E-state index contributed by atoms with van der Waals surface area (Å²) >= 11 is 0. The van der Waals surface area contributed by atoms with Crippen molar-refractivity contribution >= 4 is 27.5 Å². The van der Waals surface area contributed by atoms with Gasteiger partial charge in [0.15, 0.2) is 0 Å². The third kappa shape index (κ3) is 4.90. The van der Waals surface area contributed by atoms with E-state index in [-0.39, 0.29) is 22.9 Å². The number of anilines is 1. The number of nitrogens with two attached hydrogens (primary N) is 1. The van der Waals surface area contributed by atoms with Crippen LogP contribution < -0.4 is 10.5 Å². The summed E-state index contributed by atoms with van der Waals surface area (Å²) in [6.45, 7) is 3.45. The average Bonchev–Trinajstić information content (AvgIpc) is 2.55. The first kappa shape index (κ1) is 19.6. The molecule has 0 atom stereocenters. The first-order valence-electron chi connectivity index (χ1n) is 7.83. The number of rotatable bonds is 5. The third-order valence-corrected chi connectivity index (χ3v) is 4.74. The second kappa shape index (κ2) is 7.67. The fourth-order valence-electron chi connectivity index (χ4n) is 2.34. The molecule has 0 fully saturated rings. The van der Waals surface area contributed by atoms with Gasteiger partial charge < -0.3 is 10.2 Å². The highest BCUT2D eigenvalue weighted by molar-refractivity contribution is 7.89. The quantitative estimate of drug-likeness (QED) is 0.828. The van der Waals surface area contributed by atoms with E-state index in [0.717, 1.165) is 5.56 Å². The molecule has 0 unspecified atom stereocenters. The van der Waals surface area contributed by atoms with Crippen LogP contribution in [0.1, 0.15) is 21.5 Å². The predicted molar refractivity (Wildman–Crippen MR) is 99.3 cm³/mol. The number of likely N-dealkylation sites (N-methyl/N-ethyl adjacent to an activating group) is 1. The Hall–Kier alpha value is -2.71. The van der Waals surface area contributed by atoms with Gasteiger partial charge in [0.2, 0.25) is 15.9 Å². The number of sulfonamides is 1. The van der Waals surface area contributed by atoms with Crippen LogP contribution in [-0.2, 0) is 14.8 Å². The summed E-state index contributed by atoms with van der Waals surface area (Å²) in [6.07, 6.45) is 0. The molecule has 0 spiro atoms. The van der Waals surface area contributed by atoms with Crippen LogP contribution >= 0.6 is 0 Å². The van der Waals surface area contributed by atoms with Crippen LogP contribution in [0.5, 0.6) is 0 Å². The third-order valence-electron chi connectivity index (χ3n) is 3.83. The van der Waals surface area contributed by atoms with Gasteiger partial charge >= 0.3 is 0 Å². The van der Waals surface area contributed by atoms with Gasteiger partial charge in [-0.15, -0.1) is 0 Å². The Morgan fingerprint density at radius 1 is 1.08 bits per heavy atom. The van der Waals surface area contributed by atoms with E-state index in [9.17, 15) is 18.0 Å². The lowest BCUT2D eigenvalue weighted by molar-refractivity contribution is -0.116. The van der Waals surface area contributed by atoms with E-state index >= 15 is 0 Å². The second-order valence-corrected chi connectivity index (χ2v) is 7.66. The molecule has 0 saturated carbocycles. The Balaban J connectivity index is 2.12. The van der Waals surface area contributed by atoms with Crippen LogP contribution in [0.2, 0.25) is 0 Å². The lowest BCUT2D eigenvalue weighted by atomic mass is 10.1. The first-order chi connectivity index (χ1) is 12.1. The molecule has 8 heteroatoms. The van der Waals surface area contributed by atoms with Crippen LogP contribution in [-0.4, -0.2) is 38.7 Å². The molecule has 138 valence electrons. The van der Waals surface area contributed by atoms with Crippen LogP contribution in [0.3, 0.4) is 0 Å². The standard InChI is InChI=1S/C18H21N3O4S/c1-12-4-7-14(8-5-12)20-17(22)11-21(3)18(23)16-10-15(26(19,24)25)9-6-13(16)2/h4-10H,11H2,1-3H3,(H,20,22)(H2,19,24,25). The van der Waals surface area contributed by atoms with Gasteiger partial charge in [-0.2, -0.15) is 0 Å². The zero-order valence-electron chi connectivity index (χ0n) is 14.8. The Labute approximate surface area is 152 Å². The van der Waals surface area contributed by atoms with Crippen molar-refractivity contribution in [2.75, 3.05) is 18.9 Å². The molecule has 0 aliphatic rings. The van der Waals surface area contributed by atoms with E-state index in [1.165, 1.54) is 30.1 Å². The van der Waals surface area contributed by atoms with Gasteiger partial charge in [0, 0.05) is 18.3 Å². The Morgan fingerprint density at radius 2 is 1.69 bits per heavy atom. The fraction of sp³-hybridized carbons (Fsp3) is 0.222. The highest BCUT2D eigenvalue weighted by atomic mass is 32.2. The minimum Gasteiger partial charge on any atom is -0.332 e. The summed E-state index contributed by atoms with van der Waals surface area (Å²) in [5.41, 5.74) is 2.48. The average molecular weight is 375 g/mol. The lowest BCUT2D eigenvalue weighted by Gasteiger charge is -2.18. The molecule has 0 aliphatic heterocycles. The topological polar surface area (TPSA) is 110 Å². The number of nitrogens with one attached hydrogen (secondary N) is 1. The number of amides is 2. The van der Waals surface area contributed by atoms with E-state index in [1.807, 2.05) is 19.1 Å². The van der Waals surface area contributed by atoms with Crippen molar-refractivity contribution in [2.45, 2.75) is 18.7 Å². The number of carbonyl (C=O) groups is 2. The number of primary sulfonamides is 1. The number of nitrogens with zero attached hydrogens (tertiary/aromatic N) is 1. The zero-order chi connectivity index (χ0) is 19.5. The summed E-state index contributed by atoms with van der Waals surface area (Å²) in [7, 11) is -2.45. The molecule has 0 aromatic heterocycles. The van der Waals surface area contributed by atoms with Crippen LogP contribution in [0.15, 0.2) is 47.4 Å². The minimum atomic E-state index is -3.92. The molecule has 2 aromatic carbocycles. The molecule has 7 nitrogen and oxygen atoms in total. The maximum Gasteiger partial charge on any atom is 0.254 e. The molecule has 26 heavy (non-hydrogen) atoms. The van der Waals surface area contributed by atoms with Gasteiger partial charge in [0.05, 0.1) is 11.4 Å². The Morgan fingerprint density at radius 3 is 2.27 bits per heavy atom. The maximum absolute atomic E-state index is 12.6. The SMILES string of the molecule is Cc1ccc(NC(=O)CN(C)C(=O)c2cc(S(N)(=O)=O)ccc2C)cc1. The fourth-order valence-corrected chi connectivity index (χ4v) is 2.88. The molecule has 2 amide bonds. The molecule has 2 rings (SSSR count). The number of hydrogen-bond donors (Lipinski definition) is 2. The molecule has 2 aromatic rings. The monoisotopic (exact) mass is 375 g/mol. The number of hydrogen-bond acceptors (Lipinski definition) is 4. The summed E-state index contributed by atoms with van der Waals surface area (Å²) in [5.74, 6) is -0.822. The molecular weight excluding hydrogens is 354 g/mol. The van der Waals surface area contributed by atoms with Crippen molar-refractivity contribution in [2.24, 2.45) is 5.14 Å². The number of benzene rings is 2. The molecule has 0 bridgehead atoms.